The number of aliphatic hydroxyl groups excluding tert-OH is 3. The van der Waals surface area contributed by atoms with Crippen molar-refractivity contribution in [2.45, 2.75) is 94.4 Å². The number of aliphatic hydroxyl groups is 5. The lowest BCUT2D eigenvalue weighted by atomic mass is 9.44. The smallest absolute Gasteiger partial charge is 0.338 e. The highest BCUT2D eigenvalue weighted by atomic mass is 35.5. The molecule has 2 bridgehead atoms. The molecule has 0 radical (unpaired) electrons. The van der Waals surface area contributed by atoms with E-state index in [0.717, 1.165) is 0 Å². The Labute approximate surface area is 334 Å². The maximum absolute atomic E-state index is 14.7. The zero-order valence-corrected chi connectivity index (χ0v) is 32.6. The molecule has 3 aromatic carbocycles. The molecular weight excluding hydrogens is 758 g/mol. The Morgan fingerprint density at radius 1 is 0.895 bits per heavy atom. The van der Waals surface area contributed by atoms with E-state index in [0.29, 0.717) is 10.6 Å². The molecule has 4 aliphatic rings. The summed E-state index contributed by atoms with van der Waals surface area (Å²) in [4.78, 5) is 56.1. The van der Waals surface area contributed by atoms with Gasteiger partial charge in [-0.25, -0.2) is 9.59 Å². The van der Waals surface area contributed by atoms with Gasteiger partial charge in [0.1, 0.15) is 29.5 Å². The van der Waals surface area contributed by atoms with Crippen molar-refractivity contribution in [3.63, 3.8) is 0 Å². The Bertz CT molecular complexity index is 2090. The van der Waals surface area contributed by atoms with Gasteiger partial charge in [0.05, 0.1) is 35.8 Å². The highest BCUT2D eigenvalue weighted by molar-refractivity contribution is 6.30. The summed E-state index contributed by atoms with van der Waals surface area (Å²) >= 11 is 6.00. The predicted molar refractivity (Wildman–Crippen MR) is 204 cm³/mol. The summed E-state index contributed by atoms with van der Waals surface area (Å²) < 4.78 is 17.9. The minimum atomic E-state index is -2.32. The lowest BCUT2D eigenvalue weighted by Gasteiger charge is -2.66. The molecule has 7 rings (SSSR count). The summed E-state index contributed by atoms with van der Waals surface area (Å²) in [5, 5.41) is 64.0. The molecule has 13 nitrogen and oxygen atoms in total. The zero-order chi connectivity index (χ0) is 41.2. The Kier molecular flexibility index (Phi) is 10.5. The molecule has 2 saturated carbocycles. The number of ether oxygens (including phenoxy) is 3. The van der Waals surface area contributed by atoms with E-state index in [1.165, 1.54) is 50.2 Å². The first kappa shape index (κ1) is 40.7. The highest BCUT2D eigenvalue weighted by Gasteiger charge is 2.76. The molecule has 1 saturated heterocycles. The number of ketones is 1. The molecule has 3 aliphatic carbocycles. The Morgan fingerprint density at radius 3 is 2.11 bits per heavy atom. The van der Waals surface area contributed by atoms with Crippen molar-refractivity contribution in [2.75, 3.05) is 6.61 Å². The second kappa shape index (κ2) is 14.7. The highest BCUT2D eigenvalue weighted by Crippen LogP contribution is 2.63. The summed E-state index contributed by atoms with van der Waals surface area (Å²) in [6.45, 7) is 5.68. The van der Waals surface area contributed by atoms with Crippen LogP contribution in [-0.2, 0) is 23.8 Å². The van der Waals surface area contributed by atoms with Gasteiger partial charge in [-0.1, -0.05) is 74.0 Å². The van der Waals surface area contributed by atoms with Crippen molar-refractivity contribution in [1.29, 1.82) is 0 Å². The molecule has 3 fully saturated rings. The first-order valence-electron chi connectivity index (χ1n) is 18.8. The van der Waals surface area contributed by atoms with Gasteiger partial charge in [-0.3, -0.25) is 9.59 Å². The number of esters is 2. The number of carbonyl (C=O) groups is 4. The molecule has 0 aromatic heterocycles. The summed E-state index contributed by atoms with van der Waals surface area (Å²) in [6.07, 6.45) is -10.4. The van der Waals surface area contributed by atoms with E-state index in [1.807, 2.05) is 0 Å². The number of rotatable bonds is 8. The Morgan fingerprint density at radius 2 is 1.51 bits per heavy atom. The van der Waals surface area contributed by atoms with E-state index in [4.69, 9.17) is 25.8 Å². The standard InChI is InChI=1S/C43H46ClNO12/c1-22-27(56-39(52)33(48)31(23-11-7-5-8-12-23)45-37(50)24-15-17-26(44)18-16-24)20-43(54)36(57-38(51)25-13-9-6-10-14-25)34-41(4,28(46)19-29-42(34,53)21-55-29)35(49)32(47)30(22)40(43,2)3/h5-18,27-29,31-34,36,46-48,53-54H,19-21H2,1-4H3,(H,45,50)/t27?,28?,29?,31?,32?,33?,34?,36?,41-,42+,43?/m1/s1. The second-order valence-corrected chi connectivity index (χ2v) is 16.8. The fourth-order valence-electron chi connectivity index (χ4n) is 9.55. The van der Waals surface area contributed by atoms with Gasteiger partial charge >= 0.3 is 11.9 Å². The van der Waals surface area contributed by atoms with Crippen LogP contribution in [0.2, 0.25) is 5.02 Å². The van der Waals surface area contributed by atoms with Crippen LogP contribution in [0.1, 0.15) is 72.9 Å². The van der Waals surface area contributed by atoms with Crippen LogP contribution in [0.15, 0.2) is 96.1 Å². The predicted octanol–water partition coefficient (Wildman–Crippen LogP) is 3.25. The molecule has 3 aromatic rings. The van der Waals surface area contributed by atoms with E-state index >= 15 is 0 Å². The van der Waals surface area contributed by atoms with Crippen molar-refractivity contribution in [3.8, 4) is 0 Å². The van der Waals surface area contributed by atoms with Crippen LogP contribution in [0.25, 0.3) is 0 Å². The molecule has 6 N–H and O–H groups in total. The van der Waals surface area contributed by atoms with E-state index in [2.05, 4.69) is 5.32 Å². The van der Waals surface area contributed by atoms with Crippen LogP contribution in [0.5, 0.6) is 0 Å². The van der Waals surface area contributed by atoms with Crippen molar-refractivity contribution in [1.82, 2.24) is 5.32 Å². The monoisotopic (exact) mass is 803 g/mol. The van der Waals surface area contributed by atoms with Gasteiger partial charge in [-0.2, -0.15) is 0 Å². The van der Waals surface area contributed by atoms with Crippen LogP contribution in [0, 0.1) is 16.7 Å². The minimum absolute atomic E-state index is 0.0456. The number of carbonyl (C=O) groups excluding carboxylic acids is 4. The van der Waals surface area contributed by atoms with Crippen molar-refractivity contribution in [2.24, 2.45) is 16.7 Å². The number of fused-ring (bicyclic) bond motifs is 5. The van der Waals surface area contributed by atoms with Crippen LogP contribution in [-0.4, -0.2) is 104 Å². The Balaban J connectivity index is 1.30. The lowest BCUT2D eigenvalue weighted by Crippen LogP contribution is -2.81. The molecule has 14 heteroatoms. The molecule has 1 heterocycles. The number of hydrogen-bond donors (Lipinski definition) is 6. The summed E-state index contributed by atoms with van der Waals surface area (Å²) in [5.41, 5.74) is -7.00. The maximum atomic E-state index is 14.7. The van der Waals surface area contributed by atoms with E-state index < -0.39 is 101 Å². The van der Waals surface area contributed by atoms with Crippen molar-refractivity contribution >= 4 is 35.2 Å². The summed E-state index contributed by atoms with van der Waals surface area (Å²) in [7, 11) is 0. The third-order valence-electron chi connectivity index (χ3n) is 13.0. The molecule has 9 unspecified atom stereocenters. The summed E-state index contributed by atoms with van der Waals surface area (Å²) in [5.74, 6) is -5.17. The molecule has 11 atom stereocenters. The Hall–Kier alpha value is -4.47. The number of benzene rings is 3. The fraction of sp³-hybridized carbons (Fsp3) is 0.442. The lowest BCUT2D eigenvalue weighted by molar-refractivity contribution is -0.343. The normalized spacial score (nSPS) is 33.9. The van der Waals surface area contributed by atoms with Crippen LogP contribution in [0.3, 0.4) is 0 Å². The van der Waals surface area contributed by atoms with E-state index in [1.54, 1.807) is 62.4 Å². The number of nitrogens with one attached hydrogen (secondary N) is 1. The minimum Gasteiger partial charge on any atom is -0.456 e. The third kappa shape index (κ3) is 6.49. The van der Waals surface area contributed by atoms with Gasteiger partial charge < -0.3 is 45.1 Å². The average Bonchev–Trinajstić information content (AvgIpc) is 3.19. The molecule has 57 heavy (non-hydrogen) atoms. The van der Waals surface area contributed by atoms with E-state index in [-0.39, 0.29) is 35.3 Å². The number of Topliss-reactive ketones (excluding diaryl/α,β-unsaturated/α-hetero) is 1. The molecule has 1 aliphatic heterocycles. The number of hydrogen-bond acceptors (Lipinski definition) is 12. The van der Waals surface area contributed by atoms with Gasteiger partial charge in [-0.15, -0.1) is 0 Å². The van der Waals surface area contributed by atoms with Crippen LogP contribution >= 0.6 is 11.6 Å². The molecular formula is C43H46ClNO12. The van der Waals surface area contributed by atoms with Crippen LogP contribution in [0.4, 0.5) is 0 Å². The summed E-state index contributed by atoms with van der Waals surface area (Å²) in [6, 6.07) is 20.8. The molecule has 302 valence electrons. The maximum Gasteiger partial charge on any atom is 0.338 e. The number of halogens is 1. The van der Waals surface area contributed by atoms with Gasteiger partial charge in [0, 0.05) is 34.8 Å². The number of amides is 1. The third-order valence-corrected chi connectivity index (χ3v) is 13.2. The average molecular weight is 804 g/mol. The zero-order valence-electron chi connectivity index (χ0n) is 31.8. The fourth-order valence-corrected chi connectivity index (χ4v) is 9.68. The van der Waals surface area contributed by atoms with Gasteiger partial charge in [-0.05, 0) is 67.0 Å². The first-order chi connectivity index (χ1) is 26.9. The quantitative estimate of drug-likeness (QED) is 0.143. The van der Waals surface area contributed by atoms with Crippen LogP contribution < -0.4 is 5.32 Å². The molecule has 0 spiro atoms. The largest absolute Gasteiger partial charge is 0.456 e. The SMILES string of the molecule is CC1=C2C(O)C(=O)[C@]3(C)C(O)CC4OC[C@@]4(O)C3C(OC(=O)c3ccccc3)C(O)(CC1OC(=O)C(O)C(NC(=O)c1ccc(Cl)cc1)c1ccccc1)C2(C)C. The van der Waals surface area contributed by atoms with Gasteiger partial charge in [0.2, 0.25) is 0 Å². The second-order valence-electron chi connectivity index (χ2n) is 16.4. The van der Waals surface area contributed by atoms with Crippen molar-refractivity contribution < 1.29 is 58.9 Å². The van der Waals surface area contributed by atoms with Gasteiger partial charge in [0.15, 0.2) is 11.9 Å². The van der Waals surface area contributed by atoms with E-state index in [9.17, 15) is 44.7 Å². The molecule has 1 amide bonds. The topological polar surface area (TPSA) is 209 Å². The van der Waals surface area contributed by atoms with Gasteiger partial charge in [0.25, 0.3) is 5.91 Å². The van der Waals surface area contributed by atoms with Crippen molar-refractivity contribution in [3.05, 3.63) is 118 Å². The first-order valence-corrected chi connectivity index (χ1v) is 19.2.